The molecule has 1 aromatic carbocycles. The third-order valence-electron chi connectivity index (χ3n) is 1.91. The monoisotopic (exact) mass is 209 g/mol. The molecule has 0 aromatic heterocycles. The van der Waals surface area contributed by atoms with Crippen LogP contribution in [0.1, 0.15) is 5.56 Å². The van der Waals surface area contributed by atoms with E-state index in [2.05, 4.69) is 35.2 Å². The minimum atomic E-state index is 0.375. The largest absolute Gasteiger partial charge is 0.490 e. The summed E-state index contributed by atoms with van der Waals surface area (Å²) in [6.07, 6.45) is 0. The standard InChI is InChI=1S/C9H11NO.C2H4O2/c1-7-2-3-8-9(6-7)11-5-4-10-8;1-4-2-3/h2-3,6,10H,4-5H2,1H3;2H,1H3. The van der Waals surface area contributed by atoms with Gasteiger partial charge in [0, 0.05) is 6.54 Å². The number of hydrogen-bond donors (Lipinski definition) is 1. The molecule has 1 heterocycles. The van der Waals surface area contributed by atoms with Crippen LogP contribution < -0.4 is 10.1 Å². The molecule has 0 atom stereocenters. The smallest absolute Gasteiger partial charge is 0.292 e. The van der Waals surface area contributed by atoms with Crippen LogP contribution in [0.4, 0.5) is 5.69 Å². The Morgan fingerprint density at radius 1 is 1.53 bits per heavy atom. The molecule has 2 rings (SSSR count). The van der Waals surface area contributed by atoms with E-state index in [4.69, 9.17) is 9.53 Å². The van der Waals surface area contributed by atoms with E-state index >= 15 is 0 Å². The molecule has 0 saturated carbocycles. The highest BCUT2D eigenvalue weighted by Gasteiger charge is 2.07. The zero-order valence-corrected chi connectivity index (χ0v) is 8.95. The lowest BCUT2D eigenvalue weighted by Crippen LogP contribution is -2.17. The van der Waals surface area contributed by atoms with Crippen LogP contribution >= 0.6 is 0 Å². The van der Waals surface area contributed by atoms with Gasteiger partial charge in [-0.1, -0.05) is 6.07 Å². The lowest BCUT2D eigenvalue weighted by atomic mass is 10.2. The number of hydrogen-bond acceptors (Lipinski definition) is 4. The molecule has 1 aliphatic heterocycles. The molecule has 0 unspecified atom stereocenters. The average Bonchev–Trinajstić information content (AvgIpc) is 2.29. The number of fused-ring (bicyclic) bond motifs is 1. The number of nitrogens with one attached hydrogen (secondary N) is 1. The van der Waals surface area contributed by atoms with Crippen molar-refractivity contribution in [2.75, 3.05) is 25.6 Å². The third kappa shape index (κ3) is 3.50. The third-order valence-corrected chi connectivity index (χ3v) is 1.91. The fourth-order valence-corrected chi connectivity index (χ4v) is 1.24. The van der Waals surface area contributed by atoms with Crippen molar-refractivity contribution in [2.24, 2.45) is 0 Å². The van der Waals surface area contributed by atoms with E-state index in [9.17, 15) is 0 Å². The number of carbonyl (C=O) groups is 1. The molecular formula is C11H15NO3. The van der Waals surface area contributed by atoms with Crippen molar-refractivity contribution in [3.63, 3.8) is 0 Å². The van der Waals surface area contributed by atoms with Gasteiger partial charge in [-0.2, -0.15) is 0 Å². The second-order valence-corrected chi connectivity index (χ2v) is 3.11. The second-order valence-electron chi connectivity index (χ2n) is 3.11. The first-order valence-electron chi connectivity index (χ1n) is 4.71. The van der Waals surface area contributed by atoms with Crippen molar-refractivity contribution in [3.05, 3.63) is 23.8 Å². The predicted octanol–water partition coefficient (Wildman–Crippen LogP) is 1.59. The van der Waals surface area contributed by atoms with Crippen LogP contribution in [0.15, 0.2) is 18.2 Å². The van der Waals surface area contributed by atoms with Gasteiger partial charge in [0.1, 0.15) is 12.4 Å². The summed E-state index contributed by atoms with van der Waals surface area (Å²) in [5.41, 5.74) is 2.36. The summed E-state index contributed by atoms with van der Waals surface area (Å²) in [6.45, 7) is 4.13. The predicted molar refractivity (Wildman–Crippen MR) is 58.2 cm³/mol. The molecule has 1 aromatic rings. The number of rotatable bonds is 1. The Balaban J connectivity index is 0.000000245. The maximum absolute atomic E-state index is 8.95. The second kappa shape index (κ2) is 5.90. The molecule has 0 saturated heterocycles. The van der Waals surface area contributed by atoms with Crippen LogP contribution in [0, 0.1) is 6.92 Å². The molecule has 82 valence electrons. The fraction of sp³-hybridized carbons (Fsp3) is 0.364. The van der Waals surface area contributed by atoms with Crippen LogP contribution in [0.25, 0.3) is 0 Å². The SMILES string of the molecule is COC=O.Cc1ccc2c(c1)OCCN2. The molecule has 1 aliphatic rings. The molecule has 4 nitrogen and oxygen atoms in total. The van der Waals surface area contributed by atoms with Crippen LogP contribution in [0.2, 0.25) is 0 Å². The topological polar surface area (TPSA) is 47.6 Å². The van der Waals surface area contributed by atoms with E-state index in [1.54, 1.807) is 0 Å². The van der Waals surface area contributed by atoms with E-state index in [0.29, 0.717) is 6.47 Å². The van der Waals surface area contributed by atoms with Crippen LogP contribution in [0.3, 0.4) is 0 Å². The number of anilines is 1. The molecule has 0 bridgehead atoms. The van der Waals surface area contributed by atoms with Gasteiger partial charge in [0.05, 0.1) is 12.8 Å². The molecule has 15 heavy (non-hydrogen) atoms. The van der Waals surface area contributed by atoms with E-state index in [-0.39, 0.29) is 0 Å². The Morgan fingerprint density at radius 3 is 2.93 bits per heavy atom. The van der Waals surface area contributed by atoms with Gasteiger partial charge < -0.3 is 14.8 Å². The molecule has 0 radical (unpaired) electrons. The van der Waals surface area contributed by atoms with Gasteiger partial charge in [-0.15, -0.1) is 0 Å². The Hall–Kier alpha value is -1.71. The maximum atomic E-state index is 8.95. The molecule has 0 spiro atoms. The highest BCUT2D eigenvalue weighted by atomic mass is 16.5. The van der Waals surface area contributed by atoms with Gasteiger partial charge in [-0.3, -0.25) is 4.79 Å². The van der Waals surface area contributed by atoms with Gasteiger partial charge in [-0.25, -0.2) is 0 Å². The summed E-state index contributed by atoms with van der Waals surface area (Å²) in [5, 5.41) is 3.26. The summed E-state index contributed by atoms with van der Waals surface area (Å²) in [6, 6.07) is 6.20. The minimum absolute atomic E-state index is 0.375. The first-order valence-corrected chi connectivity index (χ1v) is 4.71. The fourth-order valence-electron chi connectivity index (χ4n) is 1.24. The van der Waals surface area contributed by atoms with Gasteiger partial charge >= 0.3 is 0 Å². The molecule has 0 amide bonds. The van der Waals surface area contributed by atoms with Gasteiger partial charge in [0.2, 0.25) is 0 Å². The quantitative estimate of drug-likeness (QED) is 0.713. The number of methoxy groups -OCH3 is 1. The number of aryl methyl sites for hydroxylation is 1. The lowest BCUT2D eigenvalue weighted by Gasteiger charge is -2.18. The van der Waals surface area contributed by atoms with Crippen molar-refractivity contribution < 1.29 is 14.3 Å². The van der Waals surface area contributed by atoms with Gasteiger partial charge in [-0.05, 0) is 24.6 Å². The Kier molecular flexibility index (Phi) is 4.47. The van der Waals surface area contributed by atoms with E-state index in [1.807, 2.05) is 0 Å². The molecule has 0 aliphatic carbocycles. The van der Waals surface area contributed by atoms with Crippen LogP contribution in [-0.4, -0.2) is 26.7 Å². The van der Waals surface area contributed by atoms with Gasteiger partial charge in [0.25, 0.3) is 6.47 Å². The van der Waals surface area contributed by atoms with Crippen molar-refractivity contribution in [1.29, 1.82) is 0 Å². The summed E-state index contributed by atoms with van der Waals surface area (Å²) >= 11 is 0. The van der Waals surface area contributed by atoms with Crippen molar-refractivity contribution >= 4 is 12.2 Å². The van der Waals surface area contributed by atoms with E-state index in [0.717, 1.165) is 24.6 Å². The summed E-state index contributed by atoms with van der Waals surface area (Å²) in [5.74, 6) is 0.983. The highest BCUT2D eigenvalue weighted by Crippen LogP contribution is 2.27. The van der Waals surface area contributed by atoms with E-state index < -0.39 is 0 Å². The summed E-state index contributed by atoms with van der Waals surface area (Å²) in [7, 11) is 1.31. The van der Waals surface area contributed by atoms with Crippen molar-refractivity contribution in [2.45, 2.75) is 6.92 Å². The normalized spacial score (nSPS) is 12.1. The Morgan fingerprint density at radius 2 is 2.27 bits per heavy atom. The van der Waals surface area contributed by atoms with Crippen LogP contribution in [-0.2, 0) is 9.53 Å². The molecule has 0 fully saturated rings. The minimum Gasteiger partial charge on any atom is -0.490 e. The molecular weight excluding hydrogens is 194 g/mol. The zero-order chi connectivity index (χ0) is 11.1. The van der Waals surface area contributed by atoms with Crippen molar-refractivity contribution in [3.8, 4) is 5.75 Å². The van der Waals surface area contributed by atoms with Gasteiger partial charge in [0.15, 0.2) is 0 Å². The van der Waals surface area contributed by atoms with E-state index in [1.165, 1.54) is 12.7 Å². The summed E-state index contributed by atoms with van der Waals surface area (Å²) < 4.78 is 9.30. The lowest BCUT2D eigenvalue weighted by molar-refractivity contribution is -0.126. The molecule has 4 heteroatoms. The van der Waals surface area contributed by atoms with Crippen molar-refractivity contribution in [1.82, 2.24) is 0 Å². The number of ether oxygens (including phenoxy) is 2. The first-order chi connectivity index (χ1) is 7.27. The highest BCUT2D eigenvalue weighted by molar-refractivity contribution is 5.58. The summed E-state index contributed by atoms with van der Waals surface area (Å²) in [4.78, 5) is 8.95. The average molecular weight is 209 g/mol. The Bertz CT molecular complexity index is 326. The number of benzene rings is 1. The number of carbonyl (C=O) groups excluding carboxylic acids is 1. The molecule has 1 N–H and O–H groups in total. The first kappa shape index (κ1) is 11.4. The Labute approximate surface area is 89.2 Å². The zero-order valence-electron chi connectivity index (χ0n) is 8.95. The van der Waals surface area contributed by atoms with Crippen LogP contribution in [0.5, 0.6) is 5.75 Å². The maximum Gasteiger partial charge on any atom is 0.292 e.